The SMILES string of the molecule is Fc1ccc(-c2nnn(COCc3ccccc3)c2-c2ccnc(NCCc3ccccc3)n2)cc1. The molecule has 0 fully saturated rings. The molecule has 7 nitrogen and oxygen atoms in total. The second-order valence-corrected chi connectivity index (χ2v) is 8.18. The van der Waals surface area contributed by atoms with Gasteiger partial charge < -0.3 is 10.1 Å². The molecule has 0 amide bonds. The highest BCUT2D eigenvalue weighted by Gasteiger charge is 2.19. The minimum Gasteiger partial charge on any atom is -0.354 e. The topological polar surface area (TPSA) is 77.8 Å². The van der Waals surface area contributed by atoms with Crippen molar-refractivity contribution in [1.82, 2.24) is 25.0 Å². The van der Waals surface area contributed by atoms with Crippen molar-refractivity contribution in [2.24, 2.45) is 0 Å². The average molecular weight is 481 g/mol. The maximum Gasteiger partial charge on any atom is 0.223 e. The van der Waals surface area contributed by atoms with Crippen molar-refractivity contribution in [2.75, 3.05) is 11.9 Å². The highest BCUT2D eigenvalue weighted by atomic mass is 19.1. The van der Waals surface area contributed by atoms with E-state index in [0.717, 1.165) is 17.5 Å². The summed E-state index contributed by atoms with van der Waals surface area (Å²) in [5, 5.41) is 12.0. The number of hydrogen-bond acceptors (Lipinski definition) is 6. The molecule has 0 radical (unpaired) electrons. The number of ether oxygens (including phenoxy) is 1. The summed E-state index contributed by atoms with van der Waals surface area (Å²) in [6.07, 6.45) is 2.55. The maximum atomic E-state index is 13.6. The van der Waals surface area contributed by atoms with Crippen LogP contribution in [-0.4, -0.2) is 31.5 Å². The zero-order valence-corrected chi connectivity index (χ0v) is 19.6. The van der Waals surface area contributed by atoms with E-state index in [-0.39, 0.29) is 12.5 Å². The zero-order valence-electron chi connectivity index (χ0n) is 19.6. The molecule has 3 aromatic carbocycles. The van der Waals surface area contributed by atoms with Gasteiger partial charge in [0.2, 0.25) is 5.95 Å². The van der Waals surface area contributed by atoms with Crippen LogP contribution in [0.2, 0.25) is 0 Å². The van der Waals surface area contributed by atoms with E-state index in [1.807, 2.05) is 54.6 Å². The van der Waals surface area contributed by atoms with Gasteiger partial charge in [-0.15, -0.1) is 5.10 Å². The molecule has 1 N–H and O–H groups in total. The first kappa shape index (κ1) is 23.3. The van der Waals surface area contributed by atoms with Gasteiger partial charge in [-0.1, -0.05) is 65.9 Å². The van der Waals surface area contributed by atoms with E-state index in [1.165, 1.54) is 17.7 Å². The van der Waals surface area contributed by atoms with Gasteiger partial charge in [-0.25, -0.2) is 19.0 Å². The van der Waals surface area contributed by atoms with Crippen molar-refractivity contribution in [1.29, 1.82) is 0 Å². The monoisotopic (exact) mass is 480 g/mol. The summed E-state index contributed by atoms with van der Waals surface area (Å²) in [6, 6.07) is 28.1. The molecule has 8 heteroatoms. The van der Waals surface area contributed by atoms with Crippen LogP contribution >= 0.6 is 0 Å². The number of nitrogens with zero attached hydrogens (tertiary/aromatic N) is 5. The second kappa shape index (κ2) is 11.3. The fourth-order valence-electron chi connectivity index (χ4n) is 3.82. The van der Waals surface area contributed by atoms with E-state index >= 15 is 0 Å². The summed E-state index contributed by atoms with van der Waals surface area (Å²) < 4.78 is 21.1. The Labute approximate surface area is 208 Å². The third kappa shape index (κ3) is 5.79. The van der Waals surface area contributed by atoms with Gasteiger partial charge in [0.1, 0.15) is 23.9 Å². The molecule has 0 bridgehead atoms. The number of anilines is 1. The Morgan fingerprint density at radius 1 is 0.833 bits per heavy atom. The molecule has 0 unspecified atom stereocenters. The maximum absolute atomic E-state index is 13.6. The Bertz CT molecular complexity index is 1390. The predicted octanol–water partition coefficient (Wildman–Crippen LogP) is 5.37. The van der Waals surface area contributed by atoms with Gasteiger partial charge in [0.25, 0.3) is 0 Å². The molecule has 0 aliphatic rings. The van der Waals surface area contributed by atoms with Crippen molar-refractivity contribution in [3.8, 4) is 22.6 Å². The van der Waals surface area contributed by atoms with Crippen molar-refractivity contribution in [2.45, 2.75) is 19.8 Å². The lowest BCUT2D eigenvalue weighted by atomic mass is 10.1. The van der Waals surface area contributed by atoms with Gasteiger partial charge in [-0.05, 0) is 47.9 Å². The zero-order chi connectivity index (χ0) is 24.6. The molecular weight excluding hydrogens is 455 g/mol. The van der Waals surface area contributed by atoms with Crippen LogP contribution in [-0.2, 0) is 24.5 Å². The Kier molecular flexibility index (Phi) is 7.34. The number of benzene rings is 3. The molecule has 2 aromatic heterocycles. The lowest BCUT2D eigenvalue weighted by Crippen LogP contribution is -2.10. The highest BCUT2D eigenvalue weighted by molar-refractivity contribution is 5.76. The largest absolute Gasteiger partial charge is 0.354 e. The normalized spacial score (nSPS) is 10.9. The molecular formula is C28H25FN6O. The van der Waals surface area contributed by atoms with Gasteiger partial charge in [0.05, 0.1) is 12.3 Å². The van der Waals surface area contributed by atoms with Crippen LogP contribution in [0.5, 0.6) is 0 Å². The minimum atomic E-state index is -0.314. The number of hydrogen-bond donors (Lipinski definition) is 1. The van der Waals surface area contributed by atoms with Crippen molar-refractivity contribution in [3.05, 3.63) is 114 Å². The van der Waals surface area contributed by atoms with E-state index in [2.05, 4.69) is 32.7 Å². The molecule has 0 aliphatic carbocycles. The van der Waals surface area contributed by atoms with E-state index in [4.69, 9.17) is 9.72 Å². The van der Waals surface area contributed by atoms with E-state index in [0.29, 0.717) is 36.2 Å². The molecule has 0 aliphatic heterocycles. The van der Waals surface area contributed by atoms with Crippen LogP contribution in [0.3, 0.4) is 0 Å². The third-order valence-electron chi connectivity index (χ3n) is 5.62. The molecule has 180 valence electrons. The molecule has 0 atom stereocenters. The third-order valence-corrected chi connectivity index (χ3v) is 5.62. The molecule has 0 saturated heterocycles. The number of rotatable bonds is 10. The summed E-state index contributed by atoms with van der Waals surface area (Å²) >= 11 is 0. The molecule has 36 heavy (non-hydrogen) atoms. The first-order chi connectivity index (χ1) is 17.8. The summed E-state index contributed by atoms with van der Waals surface area (Å²) in [5.41, 5.74) is 4.93. The standard InChI is InChI=1S/C28H25FN6O/c29-24-13-11-23(12-14-24)26-27(35(34-33-26)20-36-19-22-9-5-2-6-10-22)25-16-18-31-28(32-25)30-17-15-21-7-3-1-4-8-21/h1-14,16,18H,15,17,19-20H2,(H,30,31,32). The fourth-order valence-corrected chi connectivity index (χ4v) is 3.82. The molecule has 5 rings (SSSR count). The smallest absolute Gasteiger partial charge is 0.223 e. The molecule has 2 heterocycles. The average Bonchev–Trinajstić information content (AvgIpc) is 3.34. The van der Waals surface area contributed by atoms with Gasteiger partial charge in [0, 0.05) is 18.3 Å². The van der Waals surface area contributed by atoms with E-state index in [1.54, 1.807) is 23.0 Å². The van der Waals surface area contributed by atoms with E-state index in [9.17, 15) is 4.39 Å². The van der Waals surface area contributed by atoms with Crippen LogP contribution in [0, 0.1) is 5.82 Å². The van der Waals surface area contributed by atoms with Crippen LogP contribution in [0.1, 0.15) is 11.1 Å². The Hall–Kier alpha value is -4.43. The van der Waals surface area contributed by atoms with Gasteiger partial charge >= 0.3 is 0 Å². The van der Waals surface area contributed by atoms with Crippen LogP contribution in [0.15, 0.2) is 97.2 Å². The van der Waals surface area contributed by atoms with Crippen LogP contribution < -0.4 is 5.32 Å². The van der Waals surface area contributed by atoms with Crippen LogP contribution in [0.25, 0.3) is 22.6 Å². The Morgan fingerprint density at radius 2 is 1.56 bits per heavy atom. The lowest BCUT2D eigenvalue weighted by molar-refractivity contribution is 0.0560. The molecule has 0 saturated carbocycles. The van der Waals surface area contributed by atoms with Gasteiger partial charge in [0.15, 0.2) is 0 Å². The first-order valence-electron chi connectivity index (χ1n) is 11.7. The minimum absolute atomic E-state index is 0.180. The number of aromatic nitrogens is 5. The van der Waals surface area contributed by atoms with Crippen molar-refractivity contribution < 1.29 is 9.13 Å². The first-order valence-corrected chi connectivity index (χ1v) is 11.7. The van der Waals surface area contributed by atoms with Crippen molar-refractivity contribution in [3.63, 3.8) is 0 Å². The summed E-state index contributed by atoms with van der Waals surface area (Å²) in [6.45, 7) is 1.30. The van der Waals surface area contributed by atoms with Gasteiger partial charge in [-0.3, -0.25) is 0 Å². The van der Waals surface area contributed by atoms with E-state index < -0.39 is 0 Å². The van der Waals surface area contributed by atoms with Crippen LogP contribution in [0.4, 0.5) is 10.3 Å². The highest BCUT2D eigenvalue weighted by Crippen LogP contribution is 2.29. The lowest BCUT2D eigenvalue weighted by Gasteiger charge is -2.11. The molecule has 5 aromatic rings. The summed E-state index contributed by atoms with van der Waals surface area (Å²) in [4.78, 5) is 9.10. The quantitative estimate of drug-likeness (QED) is 0.290. The summed E-state index contributed by atoms with van der Waals surface area (Å²) in [7, 11) is 0. The second-order valence-electron chi connectivity index (χ2n) is 8.18. The van der Waals surface area contributed by atoms with Crippen molar-refractivity contribution >= 4 is 5.95 Å². The summed E-state index contributed by atoms with van der Waals surface area (Å²) in [5.74, 6) is 0.192. The predicted molar refractivity (Wildman–Crippen MR) is 136 cm³/mol. The Balaban J connectivity index is 1.39. The number of halogens is 1. The van der Waals surface area contributed by atoms with Gasteiger partial charge in [-0.2, -0.15) is 0 Å². The Morgan fingerprint density at radius 3 is 2.31 bits per heavy atom. The number of nitrogens with one attached hydrogen (secondary N) is 1. The molecule has 0 spiro atoms. The fraction of sp³-hybridized carbons (Fsp3) is 0.143.